The van der Waals surface area contributed by atoms with Crippen molar-refractivity contribution in [2.75, 3.05) is 19.7 Å². The number of para-hydroxylation sites is 2. The van der Waals surface area contributed by atoms with E-state index < -0.39 is 0 Å². The standard InChI is InChI=1S/C25H28ClN3O3/c1-2-32-25(31)18-11-14-28(15-12-18)24(30)13-16-29-22-10-6-5-9-21(22)27-23(29)17-19-7-3-4-8-20(19)26/h3-10,18H,2,11-17H2,1H3. The van der Waals surface area contributed by atoms with Gasteiger partial charge < -0.3 is 14.2 Å². The molecule has 32 heavy (non-hydrogen) atoms. The highest BCUT2D eigenvalue weighted by atomic mass is 35.5. The van der Waals surface area contributed by atoms with E-state index in [2.05, 4.69) is 4.57 Å². The molecule has 0 unspecified atom stereocenters. The lowest BCUT2D eigenvalue weighted by Gasteiger charge is -2.31. The first-order chi connectivity index (χ1) is 15.6. The number of halogens is 1. The van der Waals surface area contributed by atoms with Gasteiger partial charge in [0.15, 0.2) is 0 Å². The lowest BCUT2D eigenvalue weighted by molar-refractivity contribution is -0.151. The van der Waals surface area contributed by atoms with Crippen molar-refractivity contribution in [1.82, 2.24) is 14.5 Å². The Labute approximate surface area is 193 Å². The Morgan fingerprint density at radius 2 is 1.81 bits per heavy atom. The van der Waals surface area contributed by atoms with E-state index in [1.54, 1.807) is 0 Å². The zero-order valence-corrected chi connectivity index (χ0v) is 19.1. The molecule has 1 aromatic heterocycles. The monoisotopic (exact) mass is 453 g/mol. The topological polar surface area (TPSA) is 64.4 Å². The minimum atomic E-state index is -0.145. The fourth-order valence-corrected chi connectivity index (χ4v) is 4.51. The number of aryl methyl sites for hydroxylation is 1. The number of esters is 1. The van der Waals surface area contributed by atoms with Gasteiger partial charge in [-0.2, -0.15) is 0 Å². The fraction of sp³-hybridized carbons (Fsp3) is 0.400. The highest BCUT2D eigenvalue weighted by Gasteiger charge is 2.28. The molecule has 6 nitrogen and oxygen atoms in total. The first kappa shape index (κ1) is 22.3. The maximum Gasteiger partial charge on any atom is 0.309 e. The van der Waals surface area contributed by atoms with E-state index >= 15 is 0 Å². The van der Waals surface area contributed by atoms with Gasteiger partial charge in [-0.25, -0.2) is 4.98 Å². The molecule has 3 aromatic rings. The number of rotatable bonds is 7. The summed E-state index contributed by atoms with van der Waals surface area (Å²) in [5.41, 5.74) is 2.94. The molecule has 2 aromatic carbocycles. The average Bonchev–Trinajstić information content (AvgIpc) is 3.16. The van der Waals surface area contributed by atoms with Crippen LogP contribution in [0.15, 0.2) is 48.5 Å². The smallest absolute Gasteiger partial charge is 0.309 e. The van der Waals surface area contributed by atoms with Crippen LogP contribution in [0.25, 0.3) is 11.0 Å². The Balaban J connectivity index is 1.44. The number of carbonyl (C=O) groups is 2. The molecule has 2 heterocycles. The fourth-order valence-electron chi connectivity index (χ4n) is 4.31. The van der Waals surface area contributed by atoms with E-state index in [0.717, 1.165) is 22.4 Å². The van der Waals surface area contributed by atoms with Crippen molar-refractivity contribution in [1.29, 1.82) is 0 Å². The quantitative estimate of drug-likeness (QED) is 0.495. The van der Waals surface area contributed by atoms with E-state index in [1.165, 1.54) is 0 Å². The molecule has 1 amide bonds. The first-order valence-corrected chi connectivity index (χ1v) is 11.6. The van der Waals surface area contributed by atoms with Crippen molar-refractivity contribution in [3.63, 3.8) is 0 Å². The van der Waals surface area contributed by atoms with Gasteiger partial charge in [0.2, 0.25) is 5.91 Å². The van der Waals surface area contributed by atoms with Crippen LogP contribution in [0.2, 0.25) is 5.02 Å². The van der Waals surface area contributed by atoms with Crippen LogP contribution in [0.4, 0.5) is 0 Å². The zero-order valence-electron chi connectivity index (χ0n) is 18.3. The lowest BCUT2D eigenvalue weighted by Crippen LogP contribution is -2.41. The number of amides is 1. The molecule has 1 aliphatic heterocycles. The summed E-state index contributed by atoms with van der Waals surface area (Å²) in [6.45, 7) is 3.96. The summed E-state index contributed by atoms with van der Waals surface area (Å²) in [4.78, 5) is 31.5. The number of nitrogens with zero attached hydrogens (tertiary/aromatic N) is 3. The summed E-state index contributed by atoms with van der Waals surface area (Å²) in [5.74, 6) is 0.759. The number of carbonyl (C=O) groups excluding carboxylic acids is 2. The third-order valence-electron chi connectivity index (χ3n) is 6.06. The van der Waals surface area contributed by atoms with Crippen molar-refractivity contribution in [2.24, 2.45) is 5.92 Å². The van der Waals surface area contributed by atoms with E-state index in [9.17, 15) is 9.59 Å². The summed E-state index contributed by atoms with van der Waals surface area (Å²) >= 11 is 6.38. The normalized spacial score (nSPS) is 14.6. The molecule has 0 saturated carbocycles. The van der Waals surface area contributed by atoms with Crippen molar-refractivity contribution < 1.29 is 14.3 Å². The van der Waals surface area contributed by atoms with Crippen LogP contribution < -0.4 is 0 Å². The molecule has 0 bridgehead atoms. The van der Waals surface area contributed by atoms with Gasteiger partial charge in [-0.3, -0.25) is 9.59 Å². The van der Waals surface area contributed by atoms with Gasteiger partial charge in [-0.05, 0) is 43.5 Å². The Kier molecular flexibility index (Phi) is 7.10. The third-order valence-corrected chi connectivity index (χ3v) is 6.43. The molecule has 0 N–H and O–H groups in total. The van der Waals surface area contributed by atoms with Crippen LogP contribution in [-0.2, 0) is 27.3 Å². The van der Waals surface area contributed by atoms with E-state index in [-0.39, 0.29) is 17.8 Å². The number of ether oxygens (including phenoxy) is 1. The van der Waals surface area contributed by atoms with Crippen molar-refractivity contribution >= 4 is 34.5 Å². The number of imidazole rings is 1. The van der Waals surface area contributed by atoms with Crippen molar-refractivity contribution in [3.05, 3.63) is 64.9 Å². The molecule has 1 aliphatic rings. The van der Waals surface area contributed by atoms with Crippen LogP contribution >= 0.6 is 11.6 Å². The van der Waals surface area contributed by atoms with Crippen LogP contribution in [0, 0.1) is 5.92 Å². The van der Waals surface area contributed by atoms with Gasteiger partial charge in [0.05, 0.1) is 23.6 Å². The van der Waals surface area contributed by atoms with Gasteiger partial charge in [0, 0.05) is 37.5 Å². The van der Waals surface area contributed by atoms with Gasteiger partial charge in [0.1, 0.15) is 5.82 Å². The van der Waals surface area contributed by atoms with Gasteiger partial charge >= 0.3 is 5.97 Å². The molecule has 0 aliphatic carbocycles. The number of hydrogen-bond donors (Lipinski definition) is 0. The zero-order chi connectivity index (χ0) is 22.5. The highest BCUT2D eigenvalue weighted by molar-refractivity contribution is 6.31. The van der Waals surface area contributed by atoms with Gasteiger partial charge in [-0.1, -0.05) is 41.9 Å². The van der Waals surface area contributed by atoms with Crippen LogP contribution in [0.1, 0.15) is 37.6 Å². The van der Waals surface area contributed by atoms with Crippen molar-refractivity contribution in [2.45, 2.75) is 39.2 Å². The predicted molar refractivity (Wildman–Crippen MR) is 125 cm³/mol. The van der Waals surface area contributed by atoms with E-state index in [1.807, 2.05) is 60.4 Å². The van der Waals surface area contributed by atoms with E-state index in [0.29, 0.717) is 56.9 Å². The largest absolute Gasteiger partial charge is 0.466 e. The molecular formula is C25H28ClN3O3. The summed E-state index contributed by atoms with van der Waals surface area (Å²) in [7, 11) is 0. The highest BCUT2D eigenvalue weighted by Crippen LogP contribution is 2.24. The number of fused-ring (bicyclic) bond motifs is 1. The third kappa shape index (κ3) is 4.96. The molecular weight excluding hydrogens is 426 g/mol. The average molecular weight is 454 g/mol. The summed E-state index contributed by atoms with van der Waals surface area (Å²) in [6, 6.07) is 15.8. The minimum Gasteiger partial charge on any atom is -0.466 e. The Bertz CT molecular complexity index is 1100. The molecule has 4 rings (SSSR count). The Morgan fingerprint density at radius 3 is 2.56 bits per heavy atom. The predicted octanol–water partition coefficient (Wildman–Crippen LogP) is 4.47. The molecule has 1 fully saturated rings. The van der Waals surface area contributed by atoms with Crippen molar-refractivity contribution in [3.8, 4) is 0 Å². The Morgan fingerprint density at radius 1 is 1.09 bits per heavy atom. The van der Waals surface area contributed by atoms with Crippen LogP contribution in [-0.4, -0.2) is 46.0 Å². The van der Waals surface area contributed by atoms with E-state index in [4.69, 9.17) is 21.3 Å². The van der Waals surface area contributed by atoms with Gasteiger partial charge in [0.25, 0.3) is 0 Å². The molecule has 0 spiro atoms. The second-order valence-electron chi connectivity index (χ2n) is 8.09. The Hall–Kier alpha value is -2.86. The second kappa shape index (κ2) is 10.2. The second-order valence-corrected chi connectivity index (χ2v) is 8.50. The SMILES string of the molecule is CCOC(=O)C1CCN(C(=O)CCn2c(Cc3ccccc3Cl)nc3ccccc32)CC1. The first-order valence-electron chi connectivity index (χ1n) is 11.2. The number of benzene rings is 2. The minimum absolute atomic E-state index is 0.0983. The summed E-state index contributed by atoms with van der Waals surface area (Å²) in [6.07, 6.45) is 2.32. The molecule has 0 radical (unpaired) electrons. The number of likely N-dealkylation sites (tertiary alicyclic amines) is 1. The summed E-state index contributed by atoms with van der Waals surface area (Å²) in [5, 5.41) is 0.714. The molecule has 1 saturated heterocycles. The number of aromatic nitrogens is 2. The maximum atomic E-state index is 12.9. The molecule has 0 atom stereocenters. The summed E-state index contributed by atoms with van der Waals surface area (Å²) < 4.78 is 7.25. The number of piperidine rings is 1. The number of hydrogen-bond acceptors (Lipinski definition) is 4. The molecule has 168 valence electrons. The van der Waals surface area contributed by atoms with Crippen LogP contribution in [0.5, 0.6) is 0 Å². The maximum absolute atomic E-state index is 12.9. The van der Waals surface area contributed by atoms with Gasteiger partial charge in [-0.15, -0.1) is 0 Å². The van der Waals surface area contributed by atoms with Crippen LogP contribution in [0.3, 0.4) is 0 Å². The lowest BCUT2D eigenvalue weighted by atomic mass is 9.97. The molecule has 7 heteroatoms.